The van der Waals surface area contributed by atoms with Crippen LogP contribution >= 0.6 is 11.3 Å². The van der Waals surface area contributed by atoms with Gasteiger partial charge in [0.1, 0.15) is 5.75 Å². The van der Waals surface area contributed by atoms with Crippen molar-refractivity contribution in [3.05, 3.63) is 71.2 Å². The van der Waals surface area contributed by atoms with Crippen molar-refractivity contribution in [2.75, 3.05) is 17.2 Å². The van der Waals surface area contributed by atoms with Crippen LogP contribution in [0.3, 0.4) is 0 Å². The van der Waals surface area contributed by atoms with E-state index in [4.69, 9.17) is 4.74 Å². The van der Waals surface area contributed by atoms with E-state index in [-0.39, 0.29) is 11.8 Å². The number of nitrogens with zero attached hydrogens (tertiary/aromatic N) is 1. The lowest BCUT2D eigenvalue weighted by atomic mass is 10.1. The third kappa shape index (κ3) is 4.92. The van der Waals surface area contributed by atoms with Gasteiger partial charge in [0, 0.05) is 17.1 Å². The summed E-state index contributed by atoms with van der Waals surface area (Å²) in [5.74, 6) is -0.00775. The molecule has 0 fully saturated rings. The second-order valence-electron chi connectivity index (χ2n) is 5.67. The van der Waals surface area contributed by atoms with Crippen molar-refractivity contribution >= 4 is 34.0 Å². The largest absolute Gasteiger partial charge is 0.494 e. The minimum Gasteiger partial charge on any atom is -0.494 e. The minimum atomic E-state index is -0.333. The number of anilines is 2. The lowest BCUT2D eigenvalue weighted by molar-refractivity contribution is 0.102. The average Bonchev–Trinajstić information content (AvgIpc) is 3.20. The Labute approximate surface area is 161 Å². The lowest BCUT2D eigenvalue weighted by Crippen LogP contribution is -2.18. The Morgan fingerprint density at radius 1 is 1.07 bits per heavy atom. The van der Waals surface area contributed by atoms with Gasteiger partial charge in [-0.25, -0.2) is 4.98 Å². The molecule has 3 aromatic rings. The van der Waals surface area contributed by atoms with Crippen LogP contribution in [0.2, 0.25) is 0 Å². The molecule has 0 saturated heterocycles. The Morgan fingerprint density at radius 3 is 2.70 bits per heavy atom. The van der Waals surface area contributed by atoms with E-state index in [2.05, 4.69) is 15.6 Å². The molecule has 2 N–H and O–H groups in total. The van der Waals surface area contributed by atoms with E-state index in [1.807, 2.05) is 13.0 Å². The smallest absolute Gasteiger partial charge is 0.259 e. The molecule has 0 radical (unpaired) electrons. The number of hydrogen-bond donors (Lipinski definition) is 2. The zero-order valence-corrected chi connectivity index (χ0v) is 15.6. The fourth-order valence-corrected chi connectivity index (χ4v) is 2.91. The van der Waals surface area contributed by atoms with E-state index in [0.29, 0.717) is 34.3 Å². The summed E-state index contributed by atoms with van der Waals surface area (Å²) in [5, 5.41) is 7.80. The van der Waals surface area contributed by atoms with Gasteiger partial charge in [0.2, 0.25) is 0 Å². The molecular formula is C20H19N3O3S. The maximum absolute atomic E-state index is 12.6. The molecule has 0 bridgehead atoms. The Hall–Kier alpha value is -3.19. The third-order valence-corrected chi connectivity index (χ3v) is 4.33. The molecule has 7 heteroatoms. The van der Waals surface area contributed by atoms with E-state index < -0.39 is 0 Å². The fourth-order valence-electron chi connectivity index (χ4n) is 2.38. The van der Waals surface area contributed by atoms with E-state index in [9.17, 15) is 9.59 Å². The number of carbonyl (C=O) groups is 2. The number of ether oxygens (including phenoxy) is 1. The highest BCUT2D eigenvalue weighted by molar-refractivity contribution is 7.13. The number of amides is 2. The van der Waals surface area contributed by atoms with E-state index in [1.54, 1.807) is 54.0 Å². The van der Waals surface area contributed by atoms with Gasteiger partial charge in [0.15, 0.2) is 5.13 Å². The first-order valence-corrected chi connectivity index (χ1v) is 9.39. The van der Waals surface area contributed by atoms with Crippen LogP contribution in [0.4, 0.5) is 10.8 Å². The molecule has 0 aliphatic heterocycles. The van der Waals surface area contributed by atoms with Gasteiger partial charge < -0.3 is 10.1 Å². The van der Waals surface area contributed by atoms with Crippen LogP contribution in [0, 0.1) is 0 Å². The molecule has 27 heavy (non-hydrogen) atoms. The molecule has 0 spiro atoms. The van der Waals surface area contributed by atoms with E-state index in [0.717, 1.165) is 6.42 Å². The fraction of sp³-hybridized carbons (Fsp3) is 0.150. The molecule has 0 atom stereocenters. The van der Waals surface area contributed by atoms with Crippen molar-refractivity contribution in [2.45, 2.75) is 13.3 Å². The van der Waals surface area contributed by atoms with Gasteiger partial charge >= 0.3 is 0 Å². The van der Waals surface area contributed by atoms with Gasteiger partial charge in [-0.2, -0.15) is 0 Å². The minimum absolute atomic E-state index is 0.313. The predicted molar refractivity (Wildman–Crippen MR) is 107 cm³/mol. The van der Waals surface area contributed by atoms with Crippen molar-refractivity contribution < 1.29 is 14.3 Å². The van der Waals surface area contributed by atoms with E-state index >= 15 is 0 Å². The molecule has 0 saturated carbocycles. The molecular weight excluding hydrogens is 362 g/mol. The maximum Gasteiger partial charge on any atom is 0.259 e. The van der Waals surface area contributed by atoms with Crippen LogP contribution in [-0.4, -0.2) is 23.4 Å². The number of rotatable bonds is 7. The first-order valence-electron chi connectivity index (χ1n) is 8.51. The van der Waals surface area contributed by atoms with Gasteiger partial charge in [-0.3, -0.25) is 14.9 Å². The normalized spacial score (nSPS) is 10.3. The number of aromatic nitrogens is 1. The monoisotopic (exact) mass is 381 g/mol. The van der Waals surface area contributed by atoms with Crippen LogP contribution < -0.4 is 15.4 Å². The summed E-state index contributed by atoms with van der Waals surface area (Å²) >= 11 is 1.33. The number of thiazole rings is 1. The number of carbonyl (C=O) groups excluding carboxylic acids is 2. The second kappa shape index (κ2) is 8.95. The molecule has 6 nitrogen and oxygen atoms in total. The zero-order chi connectivity index (χ0) is 19.1. The molecule has 138 valence electrons. The predicted octanol–water partition coefficient (Wildman–Crippen LogP) is 4.44. The quantitative estimate of drug-likeness (QED) is 0.634. The summed E-state index contributed by atoms with van der Waals surface area (Å²) in [7, 11) is 0. The number of nitrogens with one attached hydrogen (secondary N) is 2. The van der Waals surface area contributed by atoms with Crippen molar-refractivity contribution in [2.24, 2.45) is 0 Å². The molecule has 0 aliphatic rings. The van der Waals surface area contributed by atoms with Gasteiger partial charge in [0.05, 0.1) is 17.9 Å². The Balaban J connectivity index is 1.75. The molecule has 2 aromatic carbocycles. The molecule has 0 unspecified atom stereocenters. The molecule has 2 amide bonds. The van der Waals surface area contributed by atoms with Crippen molar-refractivity contribution in [1.29, 1.82) is 0 Å². The molecule has 1 heterocycles. The third-order valence-electron chi connectivity index (χ3n) is 3.64. The lowest BCUT2D eigenvalue weighted by Gasteiger charge is -2.11. The van der Waals surface area contributed by atoms with Crippen molar-refractivity contribution in [1.82, 2.24) is 4.98 Å². The zero-order valence-electron chi connectivity index (χ0n) is 14.8. The van der Waals surface area contributed by atoms with Crippen LogP contribution in [0.5, 0.6) is 5.75 Å². The first kappa shape index (κ1) is 18.6. The molecule has 0 aliphatic carbocycles. The summed E-state index contributed by atoms with van der Waals surface area (Å²) in [5.41, 5.74) is 1.25. The maximum atomic E-state index is 12.6. The van der Waals surface area contributed by atoms with Gasteiger partial charge in [-0.15, -0.1) is 11.3 Å². The SMILES string of the molecule is CCCOc1cccc(C(=O)Nc2ccccc2C(=O)Nc2nccs2)c1. The summed E-state index contributed by atoms with van der Waals surface area (Å²) < 4.78 is 5.57. The van der Waals surface area contributed by atoms with Crippen LogP contribution in [0.1, 0.15) is 34.1 Å². The molecule has 1 aromatic heterocycles. The Bertz CT molecular complexity index is 926. The topological polar surface area (TPSA) is 80.3 Å². The number of benzene rings is 2. The second-order valence-corrected chi connectivity index (χ2v) is 6.56. The summed E-state index contributed by atoms with van der Waals surface area (Å²) in [6.45, 7) is 2.61. The average molecular weight is 381 g/mol. The highest BCUT2D eigenvalue weighted by Crippen LogP contribution is 2.20. The van der Waals surface area contributed by atoms with E-state index in [1.165, 1.54) is 11.3 Å². The van der Waals surface area contributed by atoms with Gasteiger partial charge in [0.25, 0.3) is 11.8 Å². The van der Waals surface area contributed by atoms with Gasteiger partial charge in [-0.1, -0.05) is 25.1 Å². The summed E-state index contributed by atoms with van der Waals surface area (Å²) in [6, 6.07) is 13.8. The summed E-state index contributed by atoms with van der Waals surface area (Å²) in [4.78, 5) is 29.2. The van der Waals surface area contributed by atoms with Crippen molar-refractivity contribution in [3.8, 4) is 5.75 Å². The Kier molecular flexibility index (Phi) is 6.17. The molecule has 3 rings (SSSR count). The highest BCUT2D eigenvalue weighted by Gasteiger charge is 2.15. The highest BCUT2D eigenvalue weighted by atomic mass is 32.1. The first-order chi connectivity index (χ1) is 13.2. The number of para-hydroxylation sites is 1. The van der Waals surface area contributed by atoms with Crippen LogP contribution in [0.25, 0.3) is 0 Å². The van der Waals surface area contributed by atoms with Crippen LogP contribution in [0.15, 0.2) is 60.1 Å². The Morgan fingerprint density at radius 2 is 1.93 bits per heavy atom. The number of hydrogen-bond acceptors (Lipinski definition) is 5. The van der Waals surface area contributed by atoms with Crippen molar-refractivity contribution in [3.63, 3.8) is 0 Å². The van der Waals surface area contributed by atoms with Crippen LogP contribution in [-0.2, 0) is 0 Å². The van der Waals surface area contributed by atoms with Gasteiger partial charge in [-0.05, 0) is 36.8 Å². The standard InChI is InChI=1S/C20H19N3O3S/c1-2-11-26-15-7-5-6-14(13-15)18(24)22-17-9-4-3-8-16(17)19(25)23-20-21-10-12-27-20/h3-10,12-13H,2,11H2,1H3,(H,22,24)(H,21,23,25). The summed E-state index contributed by atoms with van der Waals surface area (Å²) in [6.07, 6.45) is 2.50.